The molecule has 2 atom stereocenters. The molecule has 22 heavy (non-hydrogen) atoms. The maximum absolute atomic E-state index is 11.8. The van der Waals surface area contributed by atoms with Gasteiger partial charge in [-0.25, -0.2) is 8.42 Å². The summed E-state index contributed by atoms with van der Waals surface area (Å²) >= 11 is 0. The van der Waals surface area contributed by atoms with Crippen molar-refractivity contribution in [2.45, 2.75) is 43.8 Å². The highest BCUT2D eigenvalue weighted by Crippen LogP contribution is 2.51. The van der Waals surface area contributed by atoms with Crippen LogP contribution >= 0.6 is 0 Å². The smallest absolute Gasteiger partial charge is 0.177 e. The maximum atomic E-state index is 11.8. The van der Waals surface area contributed by atoms with Gasteiger partial charge in [-0.15, -0.1) is 0 Å². The molecule has 0 aliphatic heterocycles. The van der Waals surface area contributed by atoms with Crippen molar-refractivity contribution in [3.8, 4) is 0 Å². The number of ether oxygens (including phenoxy) is 1. The maximum Gasteiger partial charge on any atom is 0.177 e. The van der Waals surface area contributed by atoms with Crippen molar-refractivity contribution in [2.24, 2.45) is 5.41 Å². The molecule has 0 aromatic heterocycles. The first kappa shape index (κ1) is 17.2. The van der Waals surface area contributed by atoms with Crippen LogP contribution in [0.1, 0.15) is 27.2 Å². The normalized spacial score (nSPS) is 27.2. The van der Waals surface area contributed by atoms with Gasteiger partial charge in [-0.1, -0.05) is 26.0 Å². The predicted octanol–water partition coefficient (Wildman–Crippen LogP) is 2.07. The van der Waals surface area contributed by atoms with Crippen LogP contribution < -0.4 is 5.32 Å². The molecule has 5 nitrogen and oxygen atoms in total. The predicted molar refractivity (Wildman–Crippen MR) is 86.8 cm³/mol. The lowest BCUT2D eigenvalue weighted by Crippen LogP contribution is -2.67. The van der Waals surface area contributed by atoms with Crippen LogP contribution in [-0.2, 0) is 14.6 Å². The Hall–Kier alpha value is -1.11. The Morgan fingerprint density at radius 1 is 1.36 bits per heavy atom. The molecule has 0 radical (unpaired) electrons. The third kappa shape index (κ3) is 3.00. The lowest BCUT2D eigenvalue weighted by Gasteiger charge is -2.58. The minimum atomic E-state index is -3.31. The SMILES string of the molecule is CCOC1CC(O)(CNc2ccccc2S(C)(=O)=O)C1(C)C. The highest BCUT2D eigenvalue weighted by Gasteiger charge is 2.59. The van der Waals surface area contributed by atoms with Crippen molar-refractivity contribution in [3.63, 3.8) is 0 Å². The third-order valence-electron chi connectivity index (χ3n) is 4.75. The zero-order valence-corrected chi connectivity index (χ0v) is 14.4. The summed E-state index contributed by atoms with van der Waals surface area (Å²) in [5.74, 6) is 0. The molecule has 1 aromatic rings. The third-order valence-corrected chi connectivity index (χ3v) is 5.91. The molecule has 0 saturated heterocycles. The molecule has 2 rings (SSSR count). The number of aliphatic hydroxyl groups is 1. The van der Waals surface area contributed by atoms with E-state index in [2.05, 4.69) is 5.32 Å². The van der Waals surface area contributed by atoms with Gasteiger partial charge in [0.2, 0.25) is 0 Å². The first-order valence-electron chi connectivity index (χ1n) is 7.49. The highest BCUT2D eigenvalue weighted by atomic mass is 32.2. The summed E-state index contributed by atoms with van der Waals surface area (Å²) in [6.45, 7) is 6.79. The number of hydrogen-bond donors (Lipinski definition) is 2. The number of sulfone groups is 1. The van der Waals surface area contributed by atoms with Gasteiger partial charge in [-0.2, -0.15) is 0 Å². The molecular formula is C16H25NO4S. The Balaban J connectivity index is 2.12. The lowest BCUT2D eigenvalue weighted by molar-refractivity contribution is -0.233. The van der Waals surface area contributed by atoms with Gasteiger partial charge in [0.25, 0.3) is 0 Å². The number of hydrogen-bond acceptors (Lipinski definition) is 5. The van der Waals surface area contributed by atoms with Gasteiger partial charge in [-0.05, 0) is 19.1 Å². The van der Waals surface area contributed by atoms with Gasteiger partial charge < -0.3 is 15.2 Å². The molecule has 1 saturated carbocycles. The summed E-state index contributed by atoms with van der Waals surface area (Å²) in [4.78, 5) is 0.247. The quantitative estimate of drug-likeness (QED) is 0.836. The Bertz CT molecular complexity index is 641. The molecule has 2 N–H and O–H groups in total. The minimum absolute atomic E-state index is 0.0226. The molecule has 0 heterocycles. The van der Waals surface area contributed by atoms with E-state index in [9.17, 15) is 13.5 Å². The summed E-state index contributed by atoms with van der Waals surface area (Å²) in [6, 6.07) is 6.74. The van der Waals surface area contributed by atoms with Crippen molar-refractivity contribution in [3.05, 3.63) is 24.3 Å². The van der Waals surface area contributed by atoms with Crippen LogP contribution in [0.3, 0.4) is 0 Å². The topological polar surface area (TPSA) is 75.6 Å². The molecule has 2 unspecified atom stereocenters. The fourth-order valence-corrected chi connectivity index (χ4v) is 3.80. The van der Waals surface area contributed by atoms with Crippen LogP contribution in [0.25, 0.3) is 0 Å². The Morgan fingerprint density at radius 3 is 2.55 bits per heavy atom. The second-order valence-corrected chi connectivity index (χ2v) is 8.51. The summed E-state index contributed by atoms with van der Waals surface area (Å²) in [5.41, 5.74) is -0.776. The second kappa shape index (κ2) is 5.83. The van der Waals surface area contributed by atoms with Crippen LogP contribution in [0.2, 0.25) is 0 Å². The summed E-state index contributed by atoms with van der Waals surface area (Å²) in [5, 5.41) is 13.9. The van der Waals surface area contributed by atoms with E-state index >= 15 is 0 Å². The Morgan fingerprint density at radius 2 is 2.00 bits per heavy atom. The fraction of sp³-hybridized carbons (Fsp3) is 0.625. The summed E-state index contributed by atoms with van der Waals surface area (Å²) in [7, 11) is -3.31. The molecule has 0 spiro atoms. The van der Waals surface area contributed by atoms with Gasteiger partial charge in [0.1, 0.15) is 0 Å². The Kier molecular flexibility index (Phi) is 4.57. The van der Waals surface area contributed by atoms with E-state index in [-0.39, 0.29) is 23.0 Å². The molecule has 124 valence electrons. The standard InChI is InChI=1S/C16H25NO4S/c1-5-21-14-10-16(18,15(14,2)3)11-17-12-8-6-7-9-13(12)22(4,19)20/h6-9,14,17-18H,5,10-11H2,1-4H3. The van der Waals surface area contributed by atoms with E-state index in [0.29, 0.717) is 18.7 Å². The number of nitrogens with one attached hydrogen (secondary N) is 1. The van der Waals surface area contributed by atoms with Crippen LogP contribution in [0.15, 0.2) is 29.2 Å². The second-order valence-electron chi connectivity index (χ2n) is 6.52. The Labute approximate surface area is 132 Å². The molecule has 1 fully saturated rings. The van der Waals surface area contributed by atoms with Gasteiger partial charge in [0.15, 0.2) is 9.84 Å². The summed E-state index contributed by atoms with van der Waals surface area (Å²) < 4.78 is 29.2. The van der Waals surface area contributed by atoms with Crippen molar-refractivity contribution >= 4 is 15.5 Å². The van der Waals surface area contributed by atoms with Crippen molar-refractivity contribution in [1.82, 2.24) is 0 Å². The van der Waals surface area contributed by atoms with Gasteiger partial charge >= 0.3 is 0 Å². The van der Waals surface area contributed by atoms with E-state index in [1.165, 1.54) is 6.26 Å². The summed E-state index contributed by atoms with van der Waals surface area (Å²) in [6.07, 6.45) is 1.75. The monoisotopic (exact) mass is 327 g/mol. The van der Waals surface area contributed by atoms with Gasteiger partial charge in [0.05, 0.1) is 22.3 Å². The molecule has 0 bridgehead atoms. The number of benzene rings is 1. The number of rotatable bonds is 6. The van der Waals surface area contributed by atoms with Crippen LogP contribution in [0, 0.1) is 5.41 Å². The average Bonchev–Trinajstić information content (AvgIpc) is 2.44. The van der Waals surface area contributed by atoms with Crippen LogP contribution in [0.5, 0.6) is 0 Å². The van der Waals surface area contributed by atoms with Gasteiger partial charge in [0, 0.05) is 31.2 Å². The molecule has 0 amide bonds. The lowest BCUT2D eigenvalue weighted by atomic mass is 9.56. The molecule has 1 aliphatic rings. The number of anilines is 1. The van der Waals surface area contributed by atoms with Crippen LogP contribution in [-0.4, -0.2) is 44.6 Å². The van der Waals surface area contributed by atoms with Crippen molar-refractivity contribution < 1.29 is 18.3 Å². The van der Waals surface area contributed by atoms with Gasteiger partial charge in [-0.3, -0.25) is 0 Å². The molecule has 1 aliphatic carbocycles. The highest BCUT2D eigenvalue weighted by molar-refractivity contribution is 7.90. The van der Waals surface area contributed by atoms with Crippen molar-refractivity contribution in [1.29, 1.82) is 0 Å². The van der Waals surface area contributed by atoms with E-state index in [0.717, 1.165) is 0 Å². The van der Waals surface area contributed by atoms with Crippen LogP contribution in [0.4, 0.5) is 5.69 Å². The van der Waals surface area contributed by atoms with E-state index in [4.69, 9.17) is 4.74 Å². The first-order chi connectivity index (χ1) is 10.1. The molecular weight excluding hydrogens is 302 g/mol. The van der Waals surface area contributed by atoms with E-state index < -0.39 is 15.4 Å². The zero-order valence-electron chi connectivity index (χ0n) is 13.6. The minimum Gasteiger partial charge on any atom is -0.387 e. The number of para-hydroxylation sites is 1. The molecule has 1 aromatic carbocycles. The first-order valence-corrected chi connectivity index (χ1v) is 9.38. The van der Waals surface area contributed by atoms with E-state index in [1.807, 2.05) is 20.8 Å². The van der Waals surface area contributed by atoms with E-state index in [1.54, 1.807) is 24.3 Å². The fourth-order valence-electron chi connectivity index (χ4n) is 2.94. The largest absolute Gasteiger partial charge is 0.387 e. The zero-order chi connectivity index (χ0) is 16.6. The molecule has 6 heteroatoms. The van der Waals surface area contributed by atoms with Crippen molar-refractivity contribution in [2.75, 3.05) is 24.7 Å². The average molecular weight is 327 g/mol.